The van der Waals surface area contributed by atoms with Crippen LogP contribution in [0.15, 0.2) is 46.6 Å². The summed E-state index contributed by atoms with van der Waals surface area (Å²) in [5.74, 6) is 0.00732. The van der Waals surface area contributed by atoms with Crippen LogP contribution in [0.4, 0.5) is 5.69 Å². The largest absolute Gasteiger partial charge is 0.372 e. The fraction of sp³-hybridized carbons (Fsp3) is 0.381. The molecule has 2 N–H and O–H groups in total. The van der Waals surface area contributed by atoms with Crippen molar-refractivity contribution >= 4 is 45.4 Å². The van der Waals surface area contributed by atoms with Gasteiger partial charge in [0.15, 0.2) is 4.77 Å². The van der Waals surface area contributed by atoms with Gasteiger partial charge in [0.1, 0.15) is 4.70 Å². The van der Waals surface area contributed by atoms with Crippen LogP contribution in [0.25, 0.3) is 10.2 Å². The van der Waals surface area contributed by atoms with Crippen molar-refractivity contribution in [2.75, 3.05) is 24.5 Å². The smallest absolute Gasteiger partial charge is 0.272 e. The number of H-pyrrole nitrogens is 1. The van der Waals surface area contributed by atoms with Gasteiger partial charge in [-0.3, -0.25) is 14.2 Å². The molecular formula is C21H26N4O2S2. The van der Waals surface area contributed by atoms with E-state index >= 15 is 0 Å². The Morgan fingerprint density at radius 1 is 1.24 bits per heavy atom. The maximum Gasteiger partial charge on any atom is 0.272 e. The molecule has 29 heavy (non-hydrogen) atoms. The van der Waals surface area contributed by atoms with Gasteiger partial charge >= 0.3 is 0 Å². The SMILES string of the molecule is CCN(CCCNC(=O)CCCn1c(=S)[nH]c2ccsc2c1=O)c1ccccc1. The van der Waals surface area contributed by atoms with E-state index in [0.29, 0.717) is 35.4 Å². The fourth-order valence-electron chi connectivity index (χ4n) is 3.27. The predicted molar refractivity (Wildman–Crippen MR) is 122 cm³/mol. The zero-order chi connectivity index (χ0) is 20.6. The van der Waals surface area contributed by atoms with Crippen molar-refractivity contribution in [3.8, 4) is 0 Å². The van der Waals surface area contributed by atoms with E-state index in [0.717, 1.165) is 25.0 Å². The summed E-state index contributed by atoms with van der Waals surface area (Å²) in [4.78, 5) is 30.0. The van der Waals surface area contributed by atoms with Gasteiger partial charge in [0, 0.05) is 38.3 Å². The second kappa shape index (κ2) is 10.4. The first kappa shape index (κ1) is 21.3. The molecule has 0 aliphatic rings. The molecule has 0 aliphatic carbocycles. The zero-order valence-corrected chi connectivity index (χ0v) is 18.2. The van der Waals surface area contributed by atoms with Gasteiger partial charge in [-0.2, -0.15) is 0 Å². The number of carbonyl (C=O) groups excluding carboxylic acids is 1. The van der Waals surface area contributed by atoms with Gasteiger partial charge in [-0.1, -0.05) is 18.2 Å². The van der Waals surface area contributed by atoms with E-state index in [-0.39, 0.29) is 11.5 Å². The molecule has 0 atom stereocenters. The quantitative estimate of drug-likeness (QED) is 0.378. The number of amides is 1. The molecule has 0 spiro atoms. The Morgan fingerprint density at radius 2 is 2.03 bits per heavy atom. The van der Waals surface area contributed by atoms with E-state index in [1.54, 1.807) is 4.57 Å². The molecule has 8 heteroatoms. The van der Waals surface area contributed by atoms with Crippen LogP contribution >= 0.6 is 23.6 Å². The third-order valence-corrected chi connectivity index (χ3v) is 6.03. The highest BCUT2D eigenvalue weighted by atomic mass is 32.1. The van der Waals surface area contributed by atoms with E-state index < -0.39 is 0 Å². The predicted octanol–water partition coefficient (Wildman–Crippen LogP) is 3.93. The van der Waals surface area contributed by atoms with Crippen molar-refractivity contribution < 1.29 is 4.79 Å². The number of nitrogens with zero attached hydrogens (tertiary/aromatic N) is 2. The summed E-state index contributed by atoms with van der Waals surface area (Å²) >= 11 is 6.68. The highest BCUT2D eigenvalue weighted by molar-refractivity contribution is 7.71. The molecule has 2 aromatic heterocycles. The molecule has 2 heterocycles. The van der Waals surface area contributed by atoms with Gasteiger partial charge in [-0.15, -0.1) is 11.3 Å². The maximum atomic E-state index is 12.5. The third kappa shape index (κ3) is 5.55. The minimum atomic E-state index is -0.0836. The number of rotatable bonds is 10. The van der Waals surface area contributed by atoms with E-state index in [1.807, 2.05) is 29.6 Å². The first-order valence-electron chi connectivity index (χ1n) is 9.87. The molecule has 1 amide bonds. The van der Waals surface area contributed by atoms with Crippen molar-refractivity contribution in [2.24, 2.45) is 0 Å². The first-order chi connectivity index (χ1) is 14.1. The van der Waals surface area contributed by atoms with Crippen LogP contribution in [0, 0.1) is 4.77 Å². The number of aromatic amines is 1. The highest BCUT2D eigenvalue weighted by Gasteiger charge is 2.08. The summed E-state index contributed by atoms with van der Waals surface area (Å²) < 4.78 is 2.62. The standard InChI is InChI=1S/C21H26N4O2S2/c1-2-24(16-8-4-3-5-9-16)13-7-12-22-18(26)10-6-14-25-20(27)19-17(11-15-29-19)23-21(25)28/h3-5,8-9,11,15H,2,6-7,10,12-14H2,1H3,(H,22,26)(H,23,28). The number of carbonyl (C=O) groups is 1. The lowest BCUT2D eigenvalue weighted by molar-refractivity contribution is -0.121. The number of benzene rings is 1. The van der Waals surface area contributed by atoms with Gasteiger partial charge in [0.2, 0.25) is 5.91 Å². The lowest BCUT2D eigenvalue weighted by atomic mass is 10.2. The summed E-state index contributed by atoms with van der Waals surface area (Å²) in [7, 11) is 0. The summed E-state index contributed by atoms with van der Waals surface area (Å²) in [6, 6.07) is 12.1. The topological polar surface area (TPSA) is 70.1 Å². The number of thiophene rings is 1. The van der Waals surface area contributed by atoms with Crippen molar-refractivity contribution in [1.82, 2.24) is 14.9 Å². The molecule has 0 aliphatic heterocycles. The average molecular weight is 431 g/mol. The summed E-state index contributed by atoms with van der Waals surface area (Å²) in [6.45, 7) is 5.04. The molecule has 3 rings (SSSR count). The Labute approximate surface area is 179 Å². The van der Waals surface area contributed by atoms with Crippen LogP contribution < -0.4 is 15.8 Å². The number of nitrogens with one attached hydrogen (secondary N) is 2. The maximum absolute atomic E-state index is 12.5. The molecule has 0 unspecified atom stereocenters. The van der Waals surface area contributed by atoms with Crippen molar-refractivity contribution in [1.29, 1.82) is 0 Å². The van der Waals surface area contributed by atoms with E-state index in [1.165, 1.54) is 17.0 Å². The Bertz CT molecular complexity index is 1060. The molecule has 0 saturated heterocycles. The number of hydrogen-bond acceptors (Lipinski definition) is 5. The molecule has 154 valence electrons. The van der Waals surface area contributed by atoms with Crippen molar-refractivity contribution in [2.45, 2.75) is 32.7 Å². The molecule has 1 aromatic carbocycles. The second-order valence-corrected chi connectivity index (χ2v) is 8.08. The second-order valence-electron chi connectivity index (χ2n) is 6.77. The number of fused-ring (bicyclic) bond motifs is 1. The number of anilines is 1. The van der Waals surface area contributed by atoms with Gasteiger partial charge in [-0.05, 0) is 55.6 Å². The molecule has 0 fully saturated rings. The van der Waals surface area contributed by atoms with E-state index in [4.69, 9.17) is 12.2 Å². The lowest BCUT2D eigenvalue weighted by Gasteiger charge is -2.23. The van der Waals surface area contributed by atoms with Gasteiger partial charge in [-0.25, -0.2) is 0 Å². The van der Waals surface area contributed by atoms with Gasteiger partial charge < -0.3 is 15.2 Å². The van der Waals surface area contributed by atoms with Crippen LogP contribution in [0.2, 0.25) is 0 Å². The van der Waals surface area contributed by atoms with Crippen LogP contribution in [0.3, 0.4) is 0 Å². The highest BCUT2D eigenvalue weighted by Crippen LogP contribution is 2.14. The van der Waals surface area contributed by atoms with E-state index in [9.17, 15) is 9.59 Å². The van der Waals surface area contributed by atoms with Crippen LogP contribution in [0.5, 0.6) is 0 Å². The number of hydrogen-bond donors (Lipinski definition) is 2. The normalized spacial score (nSPS) is 10.9. The number of para-hydroxylation sites is 1. The fourth-order valence-corrected chi connectivity index (χ4v) is 4.35. The Hall–Kier alpha value is -2.45. The summed E-state index contributed by atoms with van der Waals surface area (Å²) in [5.41, 5.74) is 1.89. The lowest BCUT2D eigenvalue weighted by Crippen LogP contribution is -2.30. The molecule has 0 bridgehead atoms. The van der Waals surface area contributed by atoms with Crippen molar-refractivity contribution in [3.63, 3.8) is 0 Å². The van der Waals surface area contributed by atoms with Crippen LogP contribution in [0.1, 0.15) is 26.2 Å². The van der Waals surface area contributed by atoms with E-state index in [2.05, 4.69) is 34.3 Å². The summed E-state index contributed by atoms with van der Waals surface area (Å²) in [5, 5.41) is 4.84. The molecule has 0 radical (unpaired) electrons. The van der Waals surface area contributed by atoms with Gasteiger partial charge in [0.25, 0.3) is 5.56 Å². The Balaban J connectivity index is 1.41. The minimum Gasteiger partial charge on any atom is -0.372 e. The first-order valence-corrected chi connectivity index (χ1v) is 11.2. The molecule has 6 nitrogen and oxygen atoms in total. The van der Waals surface area contributed by atoms with Crippen LogP contribution in [-0.2, 0) is 11.3 Å². The molecule has 0 saturated carbocycles. The Morgan fingerprint density at radius 3 is 2.79 bits per heavy atom. The average Bonchev–Trinajstić information content (AvgIpc) is 3.19. The summed E-state index contributed by atoms with van der Waals surface area (Å²) in [6.07, 6.45) is 1.83. The molecular weight excluding hydrogens is 404 g/mol. The number of aromatic nitrogens is 2. The third-order valence-electron chi connectivity index (χ3n) is 4.81. The van der Waals surface area contributed by atoms with Crippen molar-refractivity contribution in [3.05, 3.63) is 56.9 Å². The van der Waals surface area contributed by atoms with Gasteiger partial charge in [0.05, 0.1) is 5.52 Å². The molecule has 3 aromatic rings. The monoisotopic (exact) mass is 430 g/mol. The van der Waals surface area contributed by atoms with Crippen LogP contribution in [-0.4, -0.2) is 35.1 Å². The zero-order valence-electron chi connectivity index (χ0n) is 16.5. The Kier molecular flexibility index (Phi) is 7.60. The minimum absolute atomic E-state index is 0.00732.